The monoisotopic (exact) mass is 279 g/mol. The van der Waals surface area contributed by atoms with Crippen molar-refractivity contribution in [2.75, 3.05) is 0 Å². The van der Waals surface area contributed by atoms with E-state index in [1.807, 2.05) is 36.3 Å². The molecule has 0 saturated heterocycles. The molecule has 1 heterocycles. The van der Waals surface area contributed by atoms with E-state index in [9.17, 15) is 0 Å². The average molecular weight is 280 g/mol. The summed E-state index contributed by atoms with van der Waals surface area (Å²) in [4.78, 5) is 5.34. The molecule has 0 spiro atoms. The fourth-order valence-corrected chi connectivity index (χ4v) is 2.70. The van der Waals surface area contributed by atoms with Gasteiger partial charge in [-0.15, -0.1) is 11.8 Å². The van der Waals surface area contributed by atoms with Gasteiger partial charge in [-0.3, -0.25) is 4.98 Å². The van der Waals surface area contributed by atoms with Crippen LogP contribution in [-0.4, -0.2) is 4.98 Å². The number of hydrogen-bond acceptors (Lipinski definition) is 2. The minimum absolute atomic E-state index is 0.965. The van der Waals surface area contributed by atoms with Gasteiger partial charge < -0.3 is 0 Å². The Morgan fingerprint density at radius 1 is 1.13 bits per heavy atom. The molecule has 0 radical (unpaired) electrons. The van der Waals surface area contributed by atoms with Gasteiger partial charge in [0.05, 0.1) is 0 Å². The predicted molar refractivity (Wildman–Crippen MR) is 67.9 cm³/mol. The van der Waals surface area contributed by atoms with Crippen molar-refractivity contribution in [3.05, 3.63) is 58.8 Å². The summed E-state index contributed by atoms with van der Waals surface area (Å²) in [5.74, 6) is 0.965. The third-order valence-electron chi connectivity index (χ3n) is 1.99. The average Bonchev–Trinajstić information content (AvgIpc) is 2.29. The van der Waals surface area contributed by atoms with Gasteiger partial charge in [-0.05, 0) is 39.7 Å². The molecule has 0 aliphatic carbocycles. The van der Waals surface area contributed by atoms with Crippen LogP contribution in [0.1, 0.15) is 5.56 Å². The molecular formula is C12H10BrNS. The molecule has 2 aromatic rings. The maximum atomic E-state index is 4.04. The molecule has 76 valence electrons. The quantitative estimate of drug-likeness (QED) is 0.784. The van der Waals surface area contributed by atoms with Gasteiger partial charge in [-0.25, -0.2) is 0 Å². The Morgan fingerprint density at radius 3 is 2.67 bits per heavy atom. The van der Waals surface area contributed by atoms with Crippen molar-refractivity contribution in [2.45, 2.75) is 10.6 Å². The summed E-state index contributed by atoms with van der Waals surface area (Å²) in [5, 5.41) is 0. The molecular weight excluding hydrogens is 270 g/mol. The minimum Gasteiger partial charge on any atom is -0.264 e. The summed E-state index contributed by atoms with van der Waals surface area (Å²) in [6.07, 6.45) is 3.66. The third-order valence-corrected chi connectivity index (χ3v) is 3.77. The number of halogens is 1. The molecule has 0 N–H and O–H groups in total. The summed E-state index contributed by atoms with van der Waals surface area (Å²) in [6, 6.07) is 12.4. The van der Waals surface area contributed by atoms with Crippen molar-refractivity contribution < 1.29 is 0 Å². The predicted octanol–water partition coefficient (Wildman–Crippen LogP) is 4.14. The van der Waals surface area contributed by atoms with Crippen LogP contribution in [0, 0.1) is 0 Å². The van der Waals surface area contributed by atoms with Gasteiger partial charge in [0.2, 0.25) is 0 Å². The van der Waals surface area contributed by atoms with Crippen molar-refractivity contribution in [3.8, 4) is 0 Å². The molecule has 0 fully saturated rings. The zero-order chi connectivity index (χ0) is 10.5. The van der Waals surface area contributed by atoms with Gasteiger partial charge in [0, 0.05) is 27.5 Å². The zero-order valence-corrected chi connectivity index (χ0v) is 10.5. The second kappa shape index (κ2) is 5.33. The molecule has 0 aliphatic rings. The second-order valence-corrected chi connectivity index (χ2v) is 4.97. The molecule has 0 amide bonds. The van der Waals surface area contributed by atoms with E-state index in [2.05, 4.69) is 45.2 Å². The minimum atomic E-state index is 0.965. The molecule has 1 aromatic carbocycles. The van der Waals surface area contributed by atoms with E-state index in [1.54, 1.807) is 0 Å². The van der Waals surface area contributed by atoms with Gasteiger partial charge in [0.1, 0.15) is 0 Å². The Morgan fingerprint density at radius 2 is 1.93 bits per heavy atom. The van der Waals surface area contributed by atoms with Gasteiger partial charge in [0.25, 0.3) is 0 Å². The molecule has 1 aromatic heterocycles. The number of nitrogens with zero attached hydrogens (tertiary/aromatic N) is 1. The van der Waals surface area contributed by atoms with Crippen LogP contribution in [0.2, 0.25) is 0 Å². The van der Waals surface area contributed by atoms with E-state index < -0.39 is 0 Å². The first kappa shape index (κ1) is 10.7. The highest BCUT2D eigenvalue weighted by atomic mass is 79.9. The van der Waals surface area contributed by atoms with Crippen LogP contribution in [0.5, 0.6) is 0 Å². The largest absolute Gasteiger partial charge is 0.264 e. The fourth-order valence-electron chi connectivity index (χ4n) is 1.20. The lowest BCUT2D eigenvalue weighted by atomic mass is 10.3. The van der Waals surface area contributed by atoms with Gasteiger partial charge in [-0.1, -0.05) is 18.2 Å². The lowest BCUT2D eigenvalue weighted by molar-refractivity contribution is 1.24. The van der Waals surface area contributed by atoms with E-state index in [0.717, 1.165) is 10.2 Å². The van der Waals surface area contributed by atoms with E-state index in [0.29, 0.717) is 0 Å². The summed E-state index contributed by atoms with van der Waals surface area (Å²) < 4.78 is 1.08. The van der Waals surface area contributed by atoms with Gasteiger partial charge in [-0.2, -0.15) is 0 Å². The van der Waals surface area contributed by atoms with Crippen LogP contribution in [0.15, 0.2) is 58.2 Å². The SMILES string of the molecule is Brc1cnccc1CSc1ccccc1. The first-order chi connectivity index (χ1) is 7.36. The fraction of sp³-hybridized carbons (Fsp3) is 0.0833. The van der Waals surface area contributed by atoms with Crippen LogP contribution < -0.4 is 0 Å². The highest BCUT2D eigenvalue weighted by Crippen LogP contribution is 2.25. The Kier molecular flexibility index (Phi) is 3.80. The molecule has 0 bridgehead atoms. The molecule has 2 rings (SSSR count). The van der Waals surface area contributed by atoms with E-state index in [4.69, 9.17) is 0 Å². The Bertz CT molecular complexity index is 431. The van der Waals surface area contributed by atoms with Crippen molar-refractivity contribution in [3.63, 3.8) is 0 Å². The van der Waals surface area contributed by atoms with E-state index >= 15 is 0 Å². The highest BCUT2D eigenvalue weighted by molar-refractivity contribution is 9.10. The Balaban J connectivity index is 2.03. The van der Waals surface area contributed by atoms with Crippen molar-refractivity contribution in [2.24, 2.45) is 0 Å². The van der Waals surface area contributed by atoms with Crippen molar-refractivity contribution >= 4 is 27.7 Å². The number of benzene rings is 1. The smallest absolute Gasteiger partial charge is 0.0413 e. The van der Waals surface area contributed by atoms with E-state index in [1.165, 1.54) is 10.5 Å². The van der Waals surface area contributed by atoms with Crippen LogP contribution in [0.4, 0.5) is 0 Å². The van der Waals surface area contributed by atoms with Crippen LogP contribution in [-0.2, 0) is 5.75 Å². The number of aromatic nitrogens is 1. The van der Waals surface area contributed by atoms with Crippen LogP contribution >= 0.6 is 27.7 Å². The lowest BCUT2D eigenvalue weighted by Gasteiger charge is -2.03. The molecule has 0 aliphatic heterocycles. The maximum absolute atomic E-state index is 4.04. The summed E-state index contributed by atoms with van der Waals surface area (Å²) >= 11 is 5.32. The molecule has 0 saturated carbocycles. The number of thioether (sulfide) groups is 1. The third kappa shape index (κ3) is 3.08. The highest BCUT2D eigenvalue weighted by Gasteiger charge is 1.99. The van der Waals surface area contributed by atoms with Gasteiger partial charge in [0.15, 0.2) is 0 Å². The van der Waals surface area contributed by atoms with Crippen LogP contribution in [0.25, 0.3) is 0 Å². The standard InChI is InChI=1S/C12H10BrNS/c13-12-8-14-7-6-10(12)9-15-11-4-2-1-3-5-11/h1-8H,9H2. The molecule has 15 heavy (non-hydrogen) atoms. The topological polar surface area (TPSA) is 12.9 Å². The van der Waals surface area contributed by atoms with Gasteiger partial charge >= 0.3 is 0 Å². The van der Waals surface area contributed by atoms with Crippen LogP contribution in [0.3, 0.4) is 0 Å². The molecule has 3 heteroatoms. The first-order valence-electron chi connectivity index (χ1n) is 4.62. The van der Waals surface area contributed by atoms with E-state index in [-0.39, 0.29) is 0 Å². The zero-order valence-electron chi connectivity index (χ0n) is 8.06. The normalized spacial score (nSPS) is 10.2. The summed E-state index contributed by atoms with van der Waals surface area (Å²) in [6.45, 7) is 0. The lowest BCUT2D eigenvalue weighted by Crippen LogP contribution is -1.83. The Labute approximate surface area is 102 Å². The number of pyridine rings is 1. The first-order valence-corrected chi connectivity index (χ1v) is 6.40. The Hall–Kier alpha value is -0.800. The molecule has 0 atom stereocenters. The number of hydrogen-bond donors (Lipinski definition) is 0. The van der Waals surface area contributed by atoms with Crippen molar-refractivity contribution in [1.82, 2.24) is 4.98 Å². The molecule has 1 nitrogen and oxygen atoms in total. The summed E-state index contributed by atoms with van der Waals surface area (Å²) in [5.41, 5.74) is 1.28. The van der Waals surface area contributed by atoms with Crippen molar-refractivity contribution in [1.29, 1.82) is 0 Å². The maximum Gasteiger partial charge on any atom is 0.0413 e. The number of rotatable bonds is 3. The summed E-state index contributed by atoms with van der Waals surface area (Å²) in [7, 11) is 0. The molecule has 0 unspecified atom stereocenters. The second-order valence-electron chi connectivity index (χ2n) is 3.07.